The van der Waals surface area contributed by atoms with Crippen LogP contribution < -0.4 is 16.2 Å². The maximum absolute atomic E-state index is 12.4. The van der Waals surface area contributed by atoms with Crippen molar-refractivity contribution in [3.05, 3.63) is 59.7 Å². The van der Waals surface area contributed by atoms with Gasteiger partial charge in [0.25, 0.3) is 5.91 Å². The summed E-state index contributed by atoms with van der Waals surface area (Å²) in [5, 5.41) is 10.9. The zero-order chi connectivity index (χ0) is 23.8. The van der Waals surface area contributed by atoms with Gasteiger partial charge in [-0.25, -0.2) is 15.0 Å². The molecular weight excluding hydrogens is 426 g/mol. The predicted octanol–water partition coefficient (Wildman–Crippen LogP) is 2.71. The third-order valence-corrected chi connectivity index (χ3v) is 5.54. The van der Waals surface area contributed by atoms with Crippen LogP contribution in [0.15, 0.2) is 48.5 Å². The van der Waals surface area contributed by atoms with E-state index in [1.54, 1.807) is 0 Å². The summed E-state index contributed by atoms with van der Waals surface area (Å²) >= 11 is 0. The van der Waals surface area contributed by atoms with E-state index in [4.69, 9.17) is 9.84 Å². The fraction of sp³-hybridized carbons (Fsp3) is 0.333. The van der Waals surface area contributed by atoms with E-state index in [0.717, 1.165) is 35.1 Å². The Morgan fingerprint density at radius 1 is 0.939 bits per heavy atom. The van der Waals surface area contributed by atoms with Crippen LogP contribution in [0.1, 0.15) is 49.7 Å². The number of aliphatic carboxylic acids is 1. The van der Waals surface area contributed by atoms with E-state index in [-0.39, 0.29) is 18.9 Å². The van der Waals surface area contributed by atoms with E-state index in [1.807, 2.05) is 55.5 Å². The number of benzene rings is 2. The van der Waals surface area contributed by atoms with Crippen molar-refractivity contribution in [2.24, 2.45) is 0 Å². The maximum atomic E-state index is 12.4. The quantitative estimate of drug-likeness (QED) is 0.276. The summed E-state index contributed by atoms with van der Waals surface area (Å²) in [4.78, 5) is 46.9. The molecule has 0 fully saturated rings. The molecule has 0 aliphatic heterocycles. The normalized spacial score (nSPS) is 12.8. The molecule has 0 saturated carbocycles. The third kappa shape index (κ3) is 5.88. The Hall–Kier alpha value is -3.88. The van der Waals surface area contributed by atoms with Crippen LogP contribution in [0.2, 0.25) is 0 Å². The number of fused-ring (bicyclic) bond motifs is 3. The highest BCUT2D eigenvalue weighted by Gasteiger charge is 2.29. The number of amides is 3. The minimum absolute atomic E-state index is 0.0748. The molecule has 2 aromatic rings. The molecule has 9 heteroatoms. The topological polar surface area (TPSA) is 134 Å². The number of hydrazine groups is 1. The molecule has 3 rings (SSSR count). The summed E-state index contributed by atoms with van der Waals surface area (Å²) in [5.41, 5.74) is 8.67. The monoisotopic (exact) mass is 453 g/mol. The Kier molecular flexibility index (Phi) is 8.01. The highest BCUT2D eigenvalue weighted by molar-refractivity contribution is 6.32. The molecule has 1 aliphatic carbocycles. The number of unbranched alkanes of at least 4 members (excludes halogenated alkanes) is 2. The second-order valence-corrected chi connectivity index (χ2v) is 7.77. The predicted molar refractivity (Wildman–Crippen MR) is 120 cm³/mol. The van der Waals surface area contributed by atoms with E-state index >= 15 is 0 Å². The lowest BCUT2D eigenvalue weighted by atomic mass is 9.98. The largest absolute Gasteiger partial charge is 0.474 e. The van der Waals surface area contributed by atoms with Crippen LogP contribution in [0.5, 0.6) is 0 Å². The molecule has 2 aromatic carbocycles. The Balaban J connectivity index is 1.55. The summed E-state index contributed by atoms with van der Waals surface area (Å²) < 4.78 is 5.34. The van der Waals surface area contributed by atoms with Gasteiger partial charge in [-0.1, -0.05) is 74.7 Å². The molecule has 9 nitrogen and oxygen atoms in total. The second kappa shape index (κ2) is 11.1. The van der Waals surface area contributed by atoms with Gasteiger partial charge in [-0.2, -0.15) is 0 Å². The van der Waals surface area contributed by atoms with Crippen LogP contribution in [-0.2, 0) is 19.1 Å². The lowest BCUT2D eigenvalue weighted by molar-refractivity contribution is -0.151. The van der Waals surface area contributed by atoms with Gasteiger partial charge in [-0.3, -0.25) is 15.0 Å². The number of nitrogens with one attached hydrogen (secondary N) is 3. The molecule has 0 spiro atoms. The third-order valence-electron chi connectivity index (χ3n) is 5.54. The minimum Gasteiger partial charge on any atom is -0.474 e. The first-order valence-electron chi connectivity index (χ1n) is 10.9. The van der Waals surface area contributed by atoms with E-state index in [2.05, 4.69) is 16.2 Å². The number of hydrogen-bond acceptors (Lipinski definition) is 5. The van der Waals surface area contributed by atoms with Crippen LogP contribution >= 0.6 is 0 Å². The van der Waals surface area contributed by atoms with Crippen molar-refractivity contribution >= 4 is 23.9 Å². The maximum Gasteiger partial charge on any atom is 0.426 e. The summed E-state index contributed by atoms with van der Waals surface area (Å²) in [5.74, 6) is -3.83. The first kappa shape index (κ1) is 23.8. The van der Waals surface area contributed by atoms with Crippen molar-refractivity contribution in [1.82, 2.24) is 16.2 Å². The van der Waals surface area contributed by atoms with E-state index in [9.17, 15) is 19.2 Å². The van der Waals surface area contributed by atoms with Gasteiger partial charge in [0.1, 0.15) is 12.6 Å². The van der Waals surface area contributed by atoms with Gasteiger partial charge >= 0.3 is 18.0 Å². The van der Waals surface area contributed by atoms with E-state index < -0.39 is 29.9 Å². The zero-order valence-electron chi connectivity index (χ0n) is 18.3. The fourth-order valence-electron chi connectivity index (χ4n) is 3.92. The van der Waals surface area contributed by atoms with Gasteiger partial charge < -0.3 is 15.2 Å². The first-order valence-corrected chi connectivity index (χ1v) is 10.9. The Morgan fingerprint density at radius 2 is 1.55 bits per heavy atom. The van der Waals surface area contributed by atoms with Crippen LogP contribution in [0, 0.1) is 0 Å². The van der Waals surface area contributed by atoms with Crippen LogP contribution in [0.3, 0.4) is 0 Å². The number of carbonyl (C=O) groups excluding carboxylic acids is 3. The number of carboxylic acids is 1. The van der Waals surface area contributed by atoms with Gasteiger partial charge in [-0.05, 0) is 28.7 Å². The SMILES string of the molecule is CCCCCC(NC(=O)C(=O)O)C(=O)NNC(=O)OCC1c2ccccc2-c2ccccc21. The van der Waals surface area contributed by atoms with Gasteiger partial charge in [0, 0.05) is 5.92 Å². The van der Waals surface area contributed by atoms with Crippen molar-refractivity contribution in [2.75, 3.05) is 6.61 Å². The Bertz CT molecular complexity index is 993. The standard InChI is InChI=1S/C24H27N3O6/c1-2-3-4-13-20(25-22(29)23(30)31)21(28)26-27-24(32)33-14-19-17-11-7-5-9-15(17)16-10-6-8-12-18(16)19/h5-12,19-20H,2-4,13-14H2,1H3,(H,25,29)(H,26,28)(H,27,32)(H,30,31). The number of carboxylic acid groups (broad SMARTS) is 1. The summed E-state index contributed by atoms with van der Waals surface area (Å²) in [6.07, 6.45) is 1.69. The Morgan fingerprint density at radius 3 is 2.12 bits per heavy atom. The average Bonchev–Trinajstić information content (AvgIpc) is 3.14. The van der Waals surface area contributed by atoms with Crippen molar-refractivity contribution in [1.29, 1.82) is 0 Å². The van der Waals surface area contributed by atoms with Crippen molar-refractivity contribution in [2.45, 2.75) is 44.6 Å². The molecule has 0 bridgehead atoms. The summed E-state index contributed by atoms with van der Waals surface area (Å²) in [7, 11) is 0. The average molecular weight is 453 g/mol. The molecule has 0 saturated heterocycles. The Labute approximate surface area is 191 Å². The lowest BCUT2D eigenvalue weighted by Gasteiger charge is -2.18. The first-order chi connectivity index (χ1) is 15.9. The lowest BCUT2D eigenvalue weighted by Crippen LogP contribution is -2.53. The van der Waals surface area contributed by atoms with Crippen LogP contribution in [-0.4, -0.2) is 41.6 Å². The zero-order valence-corrected chi connectivity index (χ0v) is 18.3. The molecule has 0 aromatic heterocycles. The van der Waals surface area contributed by atoms with Crippen molar-refractivity contribution < 1.29 is 29.0 Å². The van der Waals surface area contributed by atoms with Crippen LogP contribution in [0.4, 0.5) is 4.79 Å². The molecule has 174 valence electrons. The highest BCUT2D eigenvalue weighted by atomic mass is 16.6. The fourth-order valence-corrected chi connectivity index (χ4v) is 3.92. The highest BCUT2D eigenvalue weighted by Crippen LogP contribution is 2.44. The molecule has 1 aliphatic rings. The molecule has 3 amide bonds. The molecule has 0 heterocycles. The van der Waals surface area contributed by atoms with Gasteiger partial charge in [0.15, 0.2) is 0 Å². The second-order valence-electron chi connectivity index (χ2n) is 7.77. The molecule has 1 unspecified atom stereocenters. The number of ether oxygens (including phenoxy) is 1. The summed E-state index contributed by atoms with van der Waals surface area (Å²) in [6, 6.07) is 14.7. The molecule has 4 N–H and O–H groups in total. The molecule has 1 atom stereocenters. The van der Waals surface area contributed by atoms with Gasteiger partial charge in [0.2, 0.25) is 0 Å². The molecule has 33 heavy (non-hydrogen) atoms. The van der Waals surface area contributed by atoms with Gasteiger partial charge in [0.05, 0.1) is 0 Å². The number of hydrogen-bond donors (Lipinski definition) is 4. The summed E-state index contributed by atoms with van der Waals surface area (Å²) in [6.45, 7) is 2.05. The molecular formula is C24H27N3O6. The van der Waals surface area contributed by atoms with Crippen molar-refractivity contribution in [3.8, 4) is 11.1 Å². The van der Waals surface area contributed by atoms with Gasteiger partial charge in [-0.15, -0.1) is 0 Å². The number of carbonyl (C=O) groups is 4. The smallest absolute Gasteiger partial charge is 0.426 e. The number of rotatable bonds is 8. The van der Waals surface area contributed by atoms with Crippen LogP contribution in [0.25, 0.3) is 11.1 Å². The van der Waals surface area contributed by atoms with Crippen molar-refractivity contribution in [3.63, 3.8) is 0 Å². The van der Waals surface area contributed by atoms with E-state index in [1.165, 1.54) is 0 Å². The van der Waals surface area contributed by atoms with E-state index in [0.29, 0.717) is 6.42 Å². The molecule has 0 radical (unpaired) electrons. The minimum atomic E-state index is -1.69.